The molecule has 2 aromatic rings. The summed E-state index contributed by atoms with van der Waals surface area (Å²) in [5, 5.41) is 2.89. The van der Waals surface area contributed by atoms with Crippen molar-refractivity contribution in [3.63, 3.8) is 0 Å². The molecule has 0 saturated heterocycles. The number of nitrogens with one attached hydrogen (secondary N) is 1. The Bertz CT molecular complexity index is 1070. The van der Waals surface area contributed by atoms with Gasteiger partial charge in [-0.1, -0.05) is 29.8 Å². The maximum Gasteiger partial charge on any atom is 0.277 e. The maximum absolute atomic E-state index is 12.7. The third-order valence-corrected chi connectivity index (χ3v) is 5.59. The van der Waals surface area contributed by atoms with Crippen molar-refractivity contribution in [3.05, 3.63) is 58.9 Å². The molecule has 3 heterocycles. The molecule has 0 aliphatic carbocycles. The zero-order valence-corrected chi connectivity index (χ0v) is 17.4. The van der Waals surface area contributed by atoms with Crippen LogP contribution in [-0.2, 0) is 14.4 Å². The summed E-state index contributed by atoms with van der Waals surface area (Å²) in [6.45, 7) is 4.55. The Morgan fingerprint density at radius 2 is 1.87 bits per heavy atom. The molecule has 2 aliphatic rings. The first kappa shape index (κ1) is 19.8. The van der Waals surface area contributed by atoms with Crippen molar-refractivity contribution in [2.45, 2.75) is 26.7 Å². The van der Waals surface area contributed by atoms with E-state index in [0.717, 1.165) is 28.1 Å². The van der Waals surface area contributed by atoms with E-state index in [1.165, 1.54) is 12.6 Å². The van der Waals surface area contributed by atoms with Gasteiger partial charge in [0.25, 0.3) is 11.8 Å². The van der Waals surface area contributed by atoms with Crippen LogP contribution in [0.25, 0.3) is 11.3 Å². The van der Waals surface area contributed by atoms with Gasteiger partial charge in [0.1, 0.15) is 5.70 Å². The summed E-state index contributed by atoms with van der Waals surface area (Å²) in [5.74, 6) is -0.832. The number of aromatic nitrogens is 1. The summed E-state index contributed by atoms with van der Waals surface area (Å²) in [6.07, 6.45) is 2.97. The van der Waals surface area contributed by atoms with Gasteiger partial charge in [-0.2, -0.15) is 0 Å². The van der Waals surface area contributed by atoms with E-state index in [-0.39, 0.29) is 24.3 Å². The summed E-state index contributed by atoms with van der Waals surface area (Å²) in [6, 6.07) is 10.1. The summed E-state index contributed by atoms with van der Waals surface area (Å²) in [7, 11) is 1.48. The molecule has 7 nitrogen and oxygen atoms in total. The van der Waals surface area contributed by atoms with Gasteiger partial charge >= 0.3 is 0 Å². The number of benzene rings is 1. The molecule has 30 heavy (non-hydrogen) atoms. The predicted octanol–water partition coefficient (Wildman–Crippen LogP) is 2.65. The lowest BCUT2D eigenvalue weighted by Gasteiger charge is -2.28. The average Bonchev–Trinajstić information content (AvgIpc) is 2.95. The minimum Gasteiger partial charge on any atom is -0.357 e. The van der Waals surface area contributed by atoms with E-state index in [1.54, 1.807) is 11.1 Å². The van der Waals surface area contributed by atoms with E-state index in [4.69, 9.17) is 0 Å². The minimum absolute atomic E-state index is 0.0187. The molecule has 0 unspecified atom stereocenters. The maximum atomic E-state index is 12.7. The molecule has 0 bridgehead atoms. The molecule has 3 amide bonds. The fraction of sp³-hybridized carbons (Fsp3) is 0.304. The zero-order valence-electron chi connectivity index (χ0n) is 17.4. The van der Waals surface area contributed by atoms with Crippen LogP contribution in [0.2, 0.25) is 0 Å². The second-order valence-corrected chi connectivity index (χ2v) is 7.82. The van der Waals surface area contributed by atoms with Crippen molar-refractivity contribution in [1.29, 1.82) is 0 Å². The standard InChI is InChI=1S/C23H24N4O3/c1-14-6-8-16(9-7-14)18-11-15(2)19(12-24-18)25-20(28)13-27-10-4-5-17-21(27)23(30)26(3)22(17)29/h6-9,11-12H,4-5,10,13H2,1-3H3,(H,25,28). The number of aryl methyl sites for hydroxylation is 2. The molecule has 1 aromatic heterocycles. The number of rotatable bonds is 4. The molecule has 0 atom stereocenters. The second-order valence-electron chi connectivity index (χ2n) is 7.82. The Morgan fingerprint density at radius 3 is 2.57 bits per heavy atom. The molecular weight excluding hydrogens is 380 g/mol. The van der Waals surface area contributed by atoms with Crippen LogP contribution >= 0.6 is 0 Å². The van der Waals surface area contributed by atoms with Gasteiger partial charge in [-0.3, -0.25) is 24.3 Å². The fourth-order valence-corrected chi connectivity index (χ4v) is 3.88. The molecule has 0 fully saturated rings. The molecule has 0 spiro atoms. The predicted molar refractivity (Wildman–Crippen MR) is 113 cm³/mol. The van der Waals surface area contributed by atoms with Gasteiger partial charge in [0, 0.05) is 24.7 Å². The molecule has 1 aromatic carbocycles. The van der Waals surface area contributed by atoms with E-state index in [0.29, 0.717) is 29.9 Å². The molecule has 4 rings (SSSR count). The first-order chi connectivity index (χ1) is 14.3. The lowest BCUT2D eigenvalue weighted by Crippen LogP contribution is -2.38. The first-order valence-electron chi connectivity index (χ1n) is 9.99. The largest absolute Gasteiger partial charge is 0.357 e. The normalized spacial score (nSPS) is 16.2. The number of nitrogens with zero attached hydrogens (tertiary/aromatic N) is 3. The molecule has 7 heteroatoms. The number of anilines is 1. The van der Waals surface area contributed by atoms with Crippen molar-refractivity contribution in [2.75, 3.05) is 25.5 Å². The van der Waals surface area contributed by atoms with Crippen LogP contribution in [0, 0.1) is 13.8 Å². The van der Waals surface area contributed by atoms with Crippen molar-refractivity contribution in [1.82, 2.24) is 14.8 Å². The Kier molecular flexibility index (Phi) is 5.11. The van der Waals surface area contributed by atoms with Crippen LogP contribution in [0.4, 0.5) is 5.69 Å². The van der Waals surface area contributed by atoms with E-state index in [1.807, 2.05) is 44.2 Å². The lowest BCUT2D eigenvalue weighted by atomic mass is 10.0. The SMILES string of the molecule is Cc1ccc(-c2cc(C)c(NC(=O)CN3CCCC4=C3C(=O)N(C)C4=O)cn2)cc1. The fourth-order valence-electron chi connectivity index (χ4n) is 3.88. The average molecular weight is 404 g/mol. The summed E-state index contributed by atoms with van der Waals surface area (Å²) >= 11 is 0. The monoisotopic (exact) mass is 404 g/mol. The van der Waals surface area contributed by atoms with Crippen LogP contribution in [0.3, 0.4) is 0 Å². The molecule has 1 N–H and O–H groups in total. The molecule has 0 saturated carbocycles. The number of pyridine rings is 1. The number of carbonyl (C=O) groups is 3. The topological polar surface area (TPSA) is 82.6 Å². The Balaban J connectivity index is 1.47. The van der Waals surface area contributed by atoms with Crippen LogP contribution in [-0.4, -0.2) is 52.6 Å². The number of carbonyl (C=O) groups excluding carboxylic acids is 3. The van der Waals surface area contributed by atoms with Crippen molar-refractivity contribution in [3.8, 4) is 11.3 Å². The van der Waals surface area contributed by atoms with E-state index < -0.39 is 0 Å². The zero-order chi connectivity index (χ0) is 21.4. The lowest BCUT2D eigenvalue weighted by molar-refractivity contribution is -0.136. The van der Waals surface area contributed by atoms with Crippen LogP contribution in [0.5, 0.6) is 0 Å². The molecular formula is C23H24N4O3. The van der Waals surface area contributed by atoms with Gasteiger partial charge in [-0.05, 0) is 38.3 Å². The summed E-state index contributed by atoms with van der Waals surface area (Å²) in [5.41, 5.74) is 5.46. The number of amides is 3. The van der Waals surface area contributed by atoms with Gasteiger partial charge in [0.15, 0.2) is 0 Å². The van der Waals surface area contributed by atoms with Gasteiger partial charge < -0.3 is 10.2 Å². The van der Waals surface area contributed by atoms with Gasteiger partial charge in [0.2, 0.25) is 5.91 Å². The number of imide groups is 1. The molecule has 2 aliphatic heterocycles. The third-order valence-electron chi connectivity index (χ3n) is 5.59. The van der Waals surface area contributed by atoms with Crippen LogP contribution < -0.4 is 5.32 Å². The van der Waals surface area contributed by atoms with Gasteiger partial charge in [-0.15, -0.1) is 0 Å². The van der Waals surface area contributed by atoms with E-state index in [2.05, 4.69) is 10.3 Å². The van der Waals surface area contributed by atoms with Crippen molar-refractivity contribution in [2.24, 2.45) is 0 Å². The second kappa shape index (κ2) is 7.74. The highest BCUT2D eigenvalue weighted by molar-refractivity contribution is 6.19. The quantitative estimate of drug-likeness (QED) is 0.793. The van der Waals surface area contributed by atoms with E-state index in [9.17, 15) is 14.4 Å². The first-order valence-corrected chi connectivity index (χ1v) is 9.99. The van der Waals surface area contributed by atoms with Crippen molar-refractivity contribution < 1.29 is 14.4 Å². The number of hydrogen-bond acceptors (Lipinski definition) is 5. The Morgan fingerprint density at radius 1 is 1.13 bits per heavy atom. The number of likely N-dealkylation sites (N-methyl/N-ethyl adjacent to an activating group) is 1. The van der Waals surface area contributed by atoms with Crippen molar-refractivity contribution >= 4 is 23.4 Å². The highest BCUT2D eigenvalue weighted by Gasteiger charge is 2.40. The third kappa shape index (κ3) is 3.58. The smallest absolute Gasteiger partial charge is 0.277 e. The van der Waals surface area contributed by atoms with Crippen LogP contribution in [0.1, 0.15) is 24.0 Å². The summed E-state index contributed by atoms with van der Waals surface area (Å²) in [4.78, 5) is 44.6. The van der Waals surface area contributed by atoms with Crippen LogP contribution in [0.15, 0.2) is 47.8 Å². The Hall–Kier alpha value is -3.48. The summed E-state index contributed by atoms with van der Waals surface area (Å²) < 4.78 is 0. The Labute approximate surface area is 175 Å². The highest BCUT2D eigenvalue weighted by Crippen LogP contribution is 2.30. The molecule has 154 valence electrons. The molecule has 0 radical (unpaired) electrons. The number of hydrogen-bond donors (Lipinski definition) is 1. The van der Waals surface area contributed by atoms with Gasteiger partial charge in [-0.25, -0.2) is 0 Å². The van der Waals surface area contributed by atoms with E-state index >= 15 is 0 Å². The highest BCUT2D eigenvalue weighted by atomic mass is 16.2. The van der Waals surface area contributed by atoms with Gasteiger partial charge in [0.05, 0.1) is 24.1 Å². The minimum atomic E-state index is -0.331.